The molecule has 0 saturated carbocycles. The number of esters is 1. The van der Waals surface area contributed by atoms with Gasteiger partial charge < -0.3 is 9.47 Å². The molecule has 7 nitrogen and oxygen atoms in total. The molecule has 10 heteroatoms. The summed E-state index contributed by atoms with van der Waals surface area (Å²) in [6.07, 6.45) is 1.64. The first-order chi connectivity index (χ1) is 13.9. The van der Waals surface area contributed by atoms with Crippen LogP contribution in [0.1, 0.15) is 29.1 Å². The fourth-order valence-corrected chi connectivity index (χ4v) is 4.19. The van der Waals surface area contributed by atoms with Gasteiger partial charge in [-0.05, 0) is 54.4 Å². The predicted molar refractivity (Wildman–Crippen MR) is 116 cm³/mol. The molecule has 2 aromatic rings. The van der Waals surface area contributed by atoms with Crippen molar-refractivity contribution in [1.29, 1.82) is 0 Å². The topological polar surface area (TPSA) is 84.9 Å². The first kappa shape index (κ1) is 21.0. The molecular weight excluding hydrogens is 432 g/mol. The average Bonchev–Trinajstić information content (AvgIpc) is 3.29. The predicted octanol–water partition coefficient (Wildman–Crippen LogP) is 3.62. The van der Waals surface area contributed by atoms with Crippen LogP contribution in [-0.4, -0.2) is 33.7 Å². The maximum absolute atomic E-state index is 12.7. The number of thiophene rings is 1. The number of carbonyl (C=O) groups is 3. The normalized spacial score (nSPS) is 15.0. The number of amides is 2. The van der Waals surface area contributed by atoms with Crippen molar-refractivity contribution in [1.82, 2.24) is 10.4 Å². The van der Waals surface area contributed by atoms with Crippen molar-refractivity contribution in [2.45, 2.75) is 13.8 Å². The van der Waals surface area contributed by atoms with Gasteiger partial charge in [-0.15, -0.1) is 11.3 Å². The van der Waals surface area contributed by atoms with E-state index in [9.17, 15) is 14.4 Å². The van der Waals surface area contributed by atoms with E-state index in [2.05, 4.69) is 5.43 Å². The first-order valence-corrected chi connectivity index (χ1v) is 10.6. The summed E-state index contributed by atoms with van der Waals surface area (Å²) in [4.78, 5) is 37.0. The molecule has 1 saturated heterocycles. The van der Waals surface area contributed by atoms with Crippen LogP contribution in [-0.2, 0) is 9.59 Å². The summed E-state index contributed by atoms with van der Waals surface area (Å²) in [5, 5.41) is 2.83. The molecule has 1 fully saturated rings. The van der Waals surface area contributed by atoms with Crippen LogP contribution in [0, 0.1) is 0 Å². The third-order valence-electron chi connectivity index (χ3n) is 3.57. The fraction of sp³-hybridized carbons (Fsp3) is 0.158. The summed E-state index contributed by atoms with van der Waals surface area (Å²) in [5.74, 6) is -0.597. The van der Waals surface area contributed by atoms with Gasteiger partial charge in [0, 0.05) is 6.92 Å². The van der Waals surface area contributed by atoms with E-state index >= 15 is 0 Å². The second kappa shape index (κ2) is 9.21. The maximum Gasteiger partial charge on any atom is 0.308 e. The van der Waals surface area contributed by atoms with Crippen molar-refractivity contribution in [3.63, 3.8) is 0 Å². The summed E-state index contributed by atoms with van der Waals surface area (Å²) in [7, 11) is 0. The monoisotopic (exact) mass is 448 g/mol. The Hall–Kier alpha value is -2.69. The van der Waals surface area contributed by atoms with Crippen LogP contribution in [0.25, 0.3) is 6.08 Å². The Kier molecular flexibility index (Phi) is 6.68. The standard InChI is InChI=1S/C19H16N2O5S3/c1-3-25-14-9-12(6-7-13(14)26-11(2)22)10-16-18(24)21(19(27)29-16)20-17(23)15-5-4-8-28-15/h4-10H,3H2,1-2H3,(H,20,23)/b16-10+. The van der Waals surface area contributed by atoms with Crippen LogP contribution < -0.4 is 14.9 Å². The lowest BCUT2D eigenvalue weighted by molar-refractivity contribution is -0.132. The highest BCUT2D eigenvalue weighted by Crippen LogP contribution is 2.34. The van der Waals surface area contributed by atoms with Crippen molar-refractivity contribution in [2.75, 3.05) is 6.61 Å². The summed E-state index contributed by atoms with van der Waals surface area (Å²) in [6, 6.07) is 8.36. The Morgan fingerprint density at radius 2 is 2.07 bits per heavy atom. The molecule has 1 aromatic carbocycles. The molecule has 0 aliphatic carbocycles. The molecular formula is C19H16N2O5S3. The second-order valence-electron chi connectivity index (χ2n) is 5.67. The van der Waals surface area contributed by atoms with Gasteiger partial charge in [-0.3, -0.25) is 19.8 Å². The zero-order valence-corrected chi connectivity index (χ0v) is 17.9. The molecule has 1 aromatic heterocycles. The molecule has 1 N–H and O–H groups in total. The summed E-state index contributed by atoms with van der Waals surface area (Å²) in [5.41, 5.74) is 3.19. The van der Waals surface area contributed by atoms with Crippen LogP contribution in [0.4, 0.5) is 0 Å². The number of nitrogens with zero attached hydrogens (tertiary/aromatic N) is 1. The van der Waals surface area contributed by atoms with E-state index in [4.69, 9.17) is 21.7 Å². The highest BCUT2D eigenvalue weighted by Gasteiger charge is 2.34. The molecule has 0 radical (unpaired) electrons. The molecule has 0 bridgehead atoms. The number of hydrazine groups is 1. The van der Waals surface area contributed by atoms with Crippen molar-refractivity contribution in [3.8, 4) is 11.5 Å². The van der Waals surface area contributed by atoms with E-state index in [1.54, 1.807) is 41.8 Å². The second-order valence-corrected chi connectivity index (χ2v) is 8.29. The number of benzene rings is 1. The van der Waals surface area contributed by atoms with Gasteiger partial charge >= 0.3 is 5.97 Å². The maximum atomic E-state index is 12.7. The molecule has 29 heavy (non-hydrogen) atoms. The van der Waals surface area contributed by atoms with Gasteiger partial charge in [0.15, 0.2) is 15.8 Å². The number of carbonyl (C=O) groups excluding carboxylic acids is 3. The number of hydrogen-bond acceptors (Lipinski definition) is 8. The average molecular weight is 449 g/mol. The van der Waals surface area contributed by atoms with Crippen LogP contribution >= 0.6 is 35.3 Å². The van der Waals surface area contributed by atoms with Crippen LogP contribution in [0.2, 0.25) is 0 Å². The largest absolute Gasteiger partial charge is 0.490 e. The lowest BCUT2D eigenvalue weighted by Crippen LogP contribution is -2.44. The summed E-state index contributed by atoms with van der Waals surface area (Å²) >= 11 is 7.58. The Labute approximate surface area is 180 Å². The lowest BCUT2D eigenvalue weighted by atomic mass is 10.2. The number of hydrogen-bond donors (Lipinski definition) is 1. The van der Waals surface area contributed by atoms with E-state index < -0.39 is 17.8 Å². The van der Waals surface area contributed by atoms with Gasteiger partial charge in [0.25, 0.3) is 11.8 Å². The van der Waals surface area contributed by atoms with Gasteiger partial charge in [0.2, 0.25) is 0 Å². The van der Waals surface area contributed by atoms with E-state index in [-0.39, 0.29) is 4.32 Å². The molecule has 150 valence electrons. The van der Waals surface area contributed by atoms with Gasteiger partial charge in [-0.25, -0.2) is 0 Å². The molecule has 2 amide bonds. The number of ether oxygens (including phenoxy) is 2. The number of thioether (sulfide) groups is 1. The number of thiocarbonyl (C=S) groups is 1. The molecule has 0 spiro atoms. The Morgan fingerprint density at radius 3 is 2.72 bits per heavy atom. The highest BCUT2D eigenvalue weighted by molar-refractivity contribution is 8.26. The van der Waals surface area contributed by atoms with Crippen LogP contribution in [0.5, 0.6) is 11.5 Å². The first-order valence-electron chi connectivity index (χ1n) is 8.46. The molecule has 2 heterocycles. The van der Waals surface area contributed by atoms with Crippen molar-refractivity contribution < 1.29 is 23.9 Å². The van der Waals surface area contributed by atoms with Gasteiger partial charge in [0.1, 0.15) is 0 Å². The molecule has 0 unspecified atom stereocenters. The Balaban J connectivity index is 1.80. The fourth-order valence-electron chi connectivity index (χ4n) is 2.40. The van der Waals surface area contributed by atoms with Crippen molar-refractivity contribution in [3.05, 3.63) is 51.1 Å². The smallest absolute Gasteiger partial charge is 0.308 e. The Morgan fingerprint density at radius 1 is 1.28 bits per heavy atom. The van der Waals surface area contributed by atoms with E-state index in [0.29, 0.717) is 33.5 Å². The van der Waals surface area contributed by atoms with E-state index in [0.717, 1.165) is 16.8 Å². The van der Waals surface area contributed by atoms with Crippen LogP contribution in [0.3, 0.4) is 0 Å². The summed E-state index contributed by atoms with van der Waals surface area (Å²) in [6.45, 7) is 3.50. The number of rotatable bonds is 6. The van der Waals surface area contributed by atoms with Gasteiger partial charge in [0.05, 0.1) is 16.4 Å². The van der Waals surface area contributed by atoms with Crippen LogP contribution in [0.15, 0.2) is 40.6 Å². The quantitative estimate of drug-likeness (QED) is 0.313. The van der Waals surface area contributed by atoms with Crippen molar-refractivity contribution in [2.24, 2.45) is 0 Å². The third kappa shape index (κ3) is 5.03. The minimum Gasteiger partial charge on any atom is -0.490 e. The lowest BCUT2D eigenvalue weighted by Gasteiger charge is -2.14. The highest BCUT2D eigenvalue weighted by atomic mass is 32.2. The number of nitrogens with one attached hydrogen (secondary N) is 1. The molecule has 0 atom stereocenters. The van der Waals surface area contributed by atoms with E-state index in [1.165, 1.54) is 18.3 Å². The Bertz CT molecular complexity index is 1000. The molecule has 3 rings (SSSR count). The third-order valence-corrected chi connectivity index (χ3v) is 5.74. The molecule has 1 aliphatic rings. The zero-order chi connectivity index (χ0) is 21.0. The minimum atomic E-state index is -0.457. The van der Waals surface area contributed by atoms with Gasteiger partial charge in [-0.1, -0.05) is 23.9 Å². The van der Waals surface area contributed by atoms with Gasteiger partial charge in [-0.2, -0.15) is 5.01 Å². The molecule has 1 aliphatic heterocycles. The zero-order valence-electron chi connectivity index (χ0n) is 15.5. The SMILES string of the molecule is CCOc1cc(/C=C2/SC(=S)N(NC(=O)c3cccs3)C2=O)ccc1OC(C)=O. The van der Waals surface area contributed by atoms with Crippen molar-refractivity contribution >= 4 is 63.5 Å². The summed E-state index contributed by atoms with van der Waals surface area (Å²) < 4.78 is 10.9. The van der Waals surface area contributed by atoms with E-state index in [1.807, 2.05) is 6.92 Å². The minimum absolute atomic E-state index is 0.229.